The van der Waals surface area contributed by atoms with Crippen LogP contribution in [0, 0.1) is 6.92 Å². The van der Waals surface area contributed by atoms with Crippen LogP contribution in [-0.4, -0.2) is 28.5 Å². The van der Waals surface area contributed by atoms with Gasteiger partial charge in [-0.1, -0.05) is 55.7 Å². The highest BCUT2D eigenvalue weighted by atomic mass is 16.5. The molecule has 0 radical (unpaired) electrons. The van der Waals surface area contributed by atoms with Gasteiger partial charge in [-0.2, -0.15) is 0 Å². The number of rotatable bonds is 12. The van der Waals surface area contributed by atoms with E-state index >= 15 is 0 Å². The molecule has 3 rings (SSSR count). The van der Waals surface area contributed by atoms with E-state index in [-0.39, 0.29) is 25.0 Å². The van der Waals surface area contributed by atoms with E-state index < -0.39 is 5.97 Å². The molecule has 1 heterocycles. The summed E-state index contributed by atoms with van der Waals surface area (Å²) in [5.41, 5.74) is 4.70. The van der Waals surface area contributed by atoms with E-state index in [0.717, 1.165) is 42.5 Å². The minimum Gasteiger partial charge on any atom is -0.486 e. The Morgan fingerprint density at radius 3 is 2.35 bits per heavy atom. The zero-order valence-electron chi connectivity index (χ0n) is 19.8. The number of ether oxygens (including phenoxy) is 1. The zero-order chi connectivity index (χ0) is 24.3. The Bertz CT molecular complexity index is 1060. The lowest BCUT2D eigenvalue weighted by atomic mass is 10.0. The number of hydrogen-bond donors (Lipinski definition) is 2. The van der Waals surface area contributed by atoms with Gasteiger partial charge in [-0.25, -0.2) is 0 Å². The van der Waals surface area contributed by atoms with Crippen LogP contribution in [0.3, 0.4) is 0 Å². The molecule has 0 saturated heterocycles. The van der Waals surface area contributed by atoms with Crippen LogP contribution in [0.2, 0.25) is 0 Å². The van der Waals surface area contributed by atoms with E-state index in [2.05, 4.69) is 54.5 Å². The standard InChI is InChI=1S/C28H32N2O4/c1-3-4-5-6-26(23-13-16-25(30-19-23)21-9-7-20(2)8-10-21)34-24-14-11-22(12-15-24)28(33)29-18-17-27(31)32/h7-16,19,26H,3-6,17-18H2,1-2H3,(H,29,33)(H,31,32)/t26-/m1/s1. The molecule has 2 aromatic carbocycles. The van der Waals surface area contributed by atoms with E-state index in [1.54, 1.807) is 24.3 Å². The number of nitrogens with zero attached hydrogens (tertiary/aromatic N) is 1. The predicted molar refractivity (Wildman–Crippen MR) is 133 cm³/mol. The molecule has 6 heteroatoms. The molecule has 2 N–H and O–H groups in total. The second kappa shape index (κ2) is 12.5. The first kappa shape index (κ1) is 25.0. The third-order valence-corrected chi connectivity index (χ3v) is 5.59. The lowest BCUT2D eigenvalue weighted by Gasteiger charge is -2.20. The van der Waals surface area contributed by atoms with E-state index in [4.69, 9.17) is 9.84 Å². The maximum absolute atomic E-state index is 12.2. The summed E-state index contributed by atoms with van der Waals surface area (Å²) in [6.45, 7) is 4.34. The fraction of sp³-hybridized carbons (Fsp3) is 0.321. The number of aromatic nitrogens is 1. The van der Waals surface area contributed by atoms with Crippen molar-refractivity contribution in [3.05, 3.63) is 83.6 Å². The van der Waals surface area contributed by atoms with Crippen molar-refractivity contribution in [2.24, 2.45) is 0 Å². The normalized spacial score (nSPS) is 11.6. The number of carboxylic acids is 1. The van der Waals surface area contributed by atoms with Crippen molar-refractivity contribution in [3.63, 3.8) is 0 Å². The highest BCUT2D eigenvalue weighted by molar-refractivity contribution is 5.94. The largest absolute Gasteiger partial charge is 0.486 e. The van der Waals surface area contributed by atoms with Crippen LogP contribution in [0.1, 0.15) is 66.6 Å². The molecule has 0 unspecified atom stereocenters. The minimum atomic E-state index is -0.945. The lowest BCUT2D eigenvalue weighted by molar-refractivity contribution is -0.136. The zero-order valence-corrected chi connectivity index (χ0v) is 19.8. The summed E-state index contributed by atoms with van der Waals surface area (Å²) in [4.78, 5) is 27.4. The Morgan fingerprint density at radius 1 is 1.00 bits per heavy atom. The fourth-order valence-corrected chi connectivity index (χ4v) is 3.60. The Kier molecular flexibility index (Phi) is 9.21. The summed E-state index contributed by atoms with van der Waals surface area (Å²) in [5, 5.41) is 11.3. The van der Waals surface area contributed by atoms with Gasteiger partial charge in [-0.05, 0) is 50.1 Å². The van der Waals surface area contributed by atoms with Gasteiger partial charge in [0.15, 0.2) is 0 Å². The van der Waals surface area contributed by atoms with Gasteiger partial charge in [0.1, 0.15) is 11.9 Å². The summed E-state index contributed by atoms with van der Waals surface area (Å²) in [7, 11) is 0. The fourth-order valence-electron chi connectivity index (χ4n) is 3.60. The van der Waals surface area contributed by atoms with Gasteiger partial charge in [0.2, 0.25) is 0 Å². The van der Waals surface area contributed by atoms with Crippen molar-refractivity contribution in [1.82, 2.24) is 10.3 Å². The summed E-state index contributed by atoms with van der Waals surface area (Å²) >= 11 is 0. The van der Waals surface area contributed by atoms with Crippen LogP contribution in [0.15, 0.2) is 66.9 Å². The van der Waals surface area contributed by atoms with Crippen molar-refractivity contribution in [1.29, 1.82) is 0 Å². The first-order valence-electron chi connectivity index (χ1n) is 11.8. The van der Waals surface area contributed by atoms with Crippen molar-refractivity contribution in [2.75, 3.05) is 6.54 Å². The van der Waals surface area contributed by atoms with Crippen LogP contribution in [0.4, 0.5) is 0 Å². The Hall–Kier alpha value is -3.67. The first-order chi connectivity index (χ1) is 16.5. The van der Waals surface area contributed by atoms with Gasteiger partial charge in [-0.3, -0.25) is 14.6 Å². The smallest absolute Gasteiger partial charge is 0.305 e. The summed E-state index contributed by atoms with van der Waals surface area (Å²) < 4.78 is 6.31. The molecule has 0 fully saturated rings. The highest BCUT2D eigenvalue weighted by Gasteiger charge is 2.15. The maximum atomic E-state index is 12.2. The van der Waals surface area contributed by atoms with Crippen LogP contribution < -0.4 is 10.1 Å². The number of carboxylic acid groups (broad SMARTS) is 1. The third kappa shape index (κ3) is 7.44. The van der Waals surface area contributed by atoms with E-state index in [9.17, 15) is 9.59 Å². The molecule has 0 bridgehead atoms. The Labute approximate surface area is 201 Å². The van der Waals surface area contributed by atoms with Gasteiger partial charge >= 0.3 is 5.97 Å². The first-order valence-corrected chi connectivity index (χ1v) is 11.8. The topological polar surface area (TPSA) is 88.5 Å². The number of hydrogen-bond acceptors (Lipinski definition) is 4. The van der Waals surface area contributed by atoms with E-state index in [0.29, 0.717) is 11.3 Å². The molecule has 0 spiro atoms. The number of amides is 1. The molecule has 3 aromatic rings. The van der Waals surface area contributed by atoms with Gasteiger partial charge in [0, 0.05) is 29.4 Å². The second-order valence-corrected chi connectivity index (χ2v) is 8.37. The average molecular weight is 461 g/mol. The molecule has 178 valence electrons. The van der Waals surface area contributed by atoms with Gasteiger partial charge in [-0.15, -0.1) is 0 Å². The van der Waals surface area contributed by atoms with Crippen molar-refractivity contribution in [2.45, 2.75) is 52.1 Å². The number of carbonyl (C=O) groups is 2. The lowest BCUT2D eigenvalue weighted by Crippen LogP contribution is -2.25. The Morgan fingerprint density at radius 2 is 1.74 bits per heavy atom. The molecular weight excluding hydrogens is 428 g/mol. The predicted octanol–water partition coefficient (Wildman–Crippen LogP) is 5.96. The van der Waals surface area contributed by atoms with Crippen LogP contribution in [-0.2, 0) is 4.79 Å². The van der Waals surface area contributed by atoms with Crippen LogP contribution in [0.5, 0.6) is 5.75 Å². The monoisotopic (exact) mass is 460 g/mol. The maximum Gasteiger partial charge on any atom is 0.305 e. The summed E-state index contributed by atoms with van der Waals surface area (Å²) in [6, 6.07) is 19.3. The molecule has 0 aliphatic heterocycles. The Balaban J connectivity index is 1.69. The average Bonchev–Trinajstić information content (AvgIpc) is 2.84. The van der Waals surface area contributed by atoms with Crippen molar-refractivity contribution in [3.8, 4) is 17.0 Å². The van der Waals surface area contributed by atoms with Gasteiger partial charge in [0.25, 0.3) is 5.91 Å². The van der Waals surface area contributed by atoms with E-state index in [1.165, 1.54) is 5.56 Å². The number of benzene rings is 2. The molecule has 6 nitrogen and oxygen atoms in total. The molecule has 0 saturated carbocycles. The van der Waals surface area contributed by atoms with Gasteiger partial charge < -0.3 is 15.2 Å². The third-order valence-electron chi connectivity index (χ3n) is 5.59. The number of aliphatic carboxylic acids is 1. The van der Waals surface area contributed by atoms with Gasteiger partial charge in [0.05, 0.1) is 12.1 Å². The summed E-state index contributed by atoms with van der Waals surface area (Å²) in [5.74, 6) is -0.575. The number of unbranched alkanes of at least 4 members (excludes halogenated alkanes) is 2. The summed E-state index contributed by atoms with van der Waals surface area (Å²) in [6.07, 6.45) is 5.81. The molecule has 1 atom stereocenters. The molecule has 1 amide bonds. The van der Waals surface area contributed by atoms with Crippen molar-refractivity contribution >= 4 is 11.9 Å². The van der Waals surface area contributed by atoms with E-state index in [1.807, 2.05) is 12.3 Å². The number of nitrogens with one attached hydrogen (secondary N) is 1. The number of carbonyl (C=O) groups excluding carboxylic acids is 1. The van der Waals surface area contributed by atoms with Crippen LogP contribution >= 0.6 is 0 Å². The highest BCUT2D eigenvalue weighted by Crippen LogP contribution is 2.28. The number of aryl methyl sites for hydroxylation is 1. The molecule has 34 heavy (non-hydrogen) atoms. The molecule has 0 aliphatic rings. The molecular formula is C28H32N2O4. The molecule has 0 aliphatic carbocycles. The quantitative estimate of drug-likeness (QED) is 0.326. The molecule has 1 aromatic heterocycles. The number of pyridine rings is 1. The minimum absolute atomic E-state index is 0.0947. The van der Waals surface area contributed by atoms with Crippen molar-refractivity contribution < 1.29 is 19.4 Å². The second-order valence-electron chi connectivity index (χ2n) is 8.37. The SMILES string of the molecule is CCCCC[C@@H](Oc1ccc(C(=O)NCCC(=O)O)cc1)c1ccc(-c2ccc(C)cc2)nc1. The van der Waals surface area contributed by atoms with Crippen LogP contribution in [0.25, 0.3) is 11.3 Å².